The van der Waals surface area contributed by atoms with Crippen molar-refractivity contribution in [2.75, 3.05) is 11.4 Å². The number of nitrogens with two attached hydrogens (primary N) is 1. The maximum Gasteiger partial charge on any atom is 0.240 e. The van der Waals surface area contributed by atoms with Crippen molar-refractivity contribution in [3.8, 4) is 0 Å². The first-order chi connectivity index (χ1) is 7.09. The highest BCUT2D eigenvalue weighted by Gasteiger charge is 2.31. The molecule has 1 saturated heterocycles. The first kappa shape index (κ1) is 10.4. The average Bonchev–Trinajstić information content (AvgIpc) is 2.73. The molecule has 1 amide bonds. The van der Waals surface area contributed by atoms with E-state index in [9.17, 15) is 4.79 Å². The van der Waals surface area contributed by atoms with Crippen LogP contribution in [-0.2, 0) is 4.79 Å². The van der Waals surface area contributed by atoms with Crippen molar-refractivity contribution in [3.05, 3.63) is 10.6 Å². The van der Waals surface area contributed by atoms with Crippen molar-refractivity contribution in [2.45, 2.75) is 32.7 Å². The second kappa shape index (κ2) is 3.81. The molecular formula is C10H15N3OS. The number of hydrogen-bond acceptors (Lipinski definition) is 4. The molecule has 1 aromatic heterocycles. The topological polar surface area (TPSA) is 59.2 Å². The van der Waals surface area contributed by atoms with Crippen molar-refractivity contribution in [3.63, 3.8) is 0 Å². The predicted molar refractivity (Wildman–Crippen MR) is 61.2 cm³/mol. The Balaban J connectivity index is 2.26. The van der Waals surface area contributed by atoms with Gasteiger partial charge in [0.1, 0.15) is 6.04 Å². The molecule has 0 radical (unpaired) electrons. The van der Waals surface area contributed by atoms with Gasteiger partial charge in [-0.1, -0.05) is 0 Å². The molecule has 2 N–H and O–H groups in total. The largest absolute Gasteiger partial charge is 0.368 e. The molecule has 1 atom stereocenters. The average molecular weight is 225 g/mol. The predicted octanol–water partition coefficient (Wildman–Crippen LogP) is 1.21. The third-order valence-electron chi connectivity index (χ3n) is 2.84. The van der Waals surface area contributed by atoms with Crippen LogP contribution in [0, 0.1) is 13.8 Å². The number of carbonyl (C=O) groups excluding carboxylic acids is 1. The summed E-state index contributed by atoms with van der Waals surface area (Å²) in [5, 5.41) is 0.936. The summed E-state index contributed by atoms with van der Waals surface area (Å²) in [4.78, 5) is 18.9. The summed E-state index contributed by atoms with van der Waals surface area (Å²) in [6.45, 7) is 4.93. The monoisotopic (exact) mass is 225 g/mol. The Hall–Kier alpha value is -1.10. The standard InChI is InChI=1S/C10H15N3OS/c1-6-7(2)15-10(12-6)13-5-3-4-8(13)9(11)14/h8H,3-5H2,1-2H3,(H2,11,14). The minimum atomic E-state index is -0.238. The molecule has 4 nitrogen and oxygen atoms in total. The maximum atomic E-state index is 11.2. The molecular weight excluding hydrogens is 210 g/mol. The van der Waals surface area contributed by atoms with Gasteiger partial charge in [-0.15, -0.1) is 11.3 Å². The van der Waals surface area contributed by atoms with E-state index in [1.165, 1.54) is 4.88 Å². The molecule has 0 bridgehead atoms. The van der Waals surface area contributed by atoms with Crippen molar-refractivity contribution >= 4 is 22.4 Å². The minimum absolute atomic E-state index is 0.157. The highest BCUT2D eigenvalue weighted by atomic mass is 32.1. The number of aromatic nitrogens is 1. The van der Waals surface area contributed by atoms with Crippen LogP contribution >= 0.6 is 11.3 Å². The zero-order valence-electron chi connectivity index (χ0n) is 8.99. The van der Waals surface area contributed by atoms with Crippen LogP contribution in [0.2, 0.25) is 0 Å². The number of aryl methyl sites for hydroxylation is 2. The van der Waals surface area contributed by atoms with E-state index in [0.717, 1.165) is 30.2 Å². The maximum absolute atomic E-state index is 11.2. The Morgan fingerprint density at radius 1 is 1.60 bits per heavy atom. The summed E-state index contributed by atoms with van der Waals surface area (Å²) in [6.07, 6.45) is 1.87. The Kier molecular flexibility index (Phi) is 2.65. The number of thiazole rings is 1. The molecule has 0 aliphatic carbocycles. The second-order valence-electron chi connectivity index (χ2n) is 3.89. The number of anilines is 1. The number of rotatable bonds is 2. The Morgan fingerprint density at radius 2 is 2.33 bits per heavy atom. The Morgan fingerprint density at radius 3 is 2.87 bits per heavy atom. The molecule has 1 aromatic rings. The van der Waals surface area contributed by atoms with Crippen LogP contribution in [0.25, 0.3) is 0 Å². The normalized spacial score (nSPS) is 20.9. The number of nitrogens with zero attached hydrogens (tertiary/aromatic N) is 2. The van der Waals surface area contributed by atoms with Crippen LogP contribution in [0.15, 0.2) is 0 Å². The summed E-state index contributed by atoms with van der Waals surface area (Å²) in [5.74, 6) is -0.238. The smallest absolute Gasteiger partial charge is 0.240 e. The zero-order chi connectivity index (χ0) is 11.0. The van der Waals surface area contributed by atoms with Crippen LogP contribution in [0.1, 0.15) is 23.4 Å². The van der Waals surface area contributed by atoms with Crippen LogP contribution in [0.4, 0.5) is 5.13 Å². The fraction of sp³-hybridized carbons (Fsp3) is 0.600. The lowest BCUT2D eigenvalue weighted by molar-refractivity contribution is -0.119. The van der Waals surface area contributed by atoms with E-state index in [1.54, 1.807) is 11.3 Å². The van der Waals surface area contributed by atoms with Gasteiger partial charge in [0.25, 0.3) is 0 Å². The fourth-order valence-corrected chi connectivity index (χ4v) is 2.86. The third-order valence-corrected chi connectivity index (χ3v) is 3.95. The van der Waals surface area contributed by atoms with E-state index in [1.807, 2.05) is 18.7 Å². The number of primary amides is 1. The van der Waals surface area contributed by atoms with Gasteiger partial charge in [-0.3, -0.25) is 4.79 Å². The molecule has 0 aromatic carbocycles. The minimum Gasteiger partial charge on any atom is -0.368 e. The Bertz CT molecular complexity index is 369. The van der Waals surface area contributed by atoms with E-state index in [0.29, 0.717) is 0 Å². The lowest BCUT2D eigenvalue weighted by Gasteiger charge is -2.20. The first-order valence-electron chi connectivity index (χ1n) is 5.09. The van der Waals surface area contributed by atoms with Gasteiger partial charge >= 0.3 is 0 Å². The second-order valence-corrected chi connectivity index (χ2v) is 5.07. The summed E-state index contributed by atoms with van der Waals surface area (Å²) < 4.78 is 0. The van der Waals surface area contributed by atoms with Crippen LogP contribution in [-0.4, -0.2) is 23.5 Å². The molecule has 5 heteroatoms. The number of hydrogen-bond donors (Lipinski definition) is 1. The van der Waals surface area contributed by atoms with Gasteiger partial charge in [0.05, 0.1) is 5.69 Å². The van der Waals surface area contributed by atoms with E-state index >= 15 is 0 Å². The van der Waals surface area contributed by atoms with Crippen molar-refractivity contribution in [1.29, 1.82) is 0 Å². The molecule has 1 aliphatic rings. The molecule has 2 heterocycles. The fourth-order valence-electron chi connectivity index (χ4n) is 1.87. The number of amides is 1. The van der Waals surface area contributed by atoms with Gasteiger partial charge in [0.15, 0.2) is 5.13 Å². The van der Waals surface area contributed by atoms with E-state index in [-0.39, 0.29) is 11.9 Å². The van der Waals surface area contributed by atoms with E-state index < -0.39 is 0 Å². The molecule has 0 spiro atoms. The van der Waals surface area contributed by atoms with Crippen LogP contribution < -0.4 is 10.6 Å². The van der Waals surface area contributed by atoms with Gasteiger partial charge in [-0.2, -0.15) is 0 Å². The van der Waals surface area contributed by atoms with Crippen LogP contribution in [0.3, 0.4) is 0 Å². The third kappa shape index (κ3) is 1.84. The molecule has 15 heavy (non-hydrogen) atoms. The van der Waals surface area contributed by atoms with Gasteiger partial charge in [-0.05, 0) is 26.7 Å². The highest BCUT2D eigenvalue weighted by Crippen LogP contribution is 2.30. The molecule has 1 unspecified atom stereocenters. The molecule has 0 saturated carbocycles. The lowest BCUT2D eigenvalue weighted by Crippen LogP contribution is -2.40. The molecule has 1 aliphatic heterocycles. The van der Waals surface area contributed by atoms with Crippen molar-refractivity contribution in [1.82, 2.24) is 4.98 Å². The molecule has 82 valence electrons. The summed E-state index contributed by atoms with van der Waals surface area (Å²) >= 11 is 1.64. The summed E-state index contributed by atoms with van der Waals surface area (Å²) in [6, 6.07) is -0.157. The van der Waals surface area contributed by atoms with E-state index in [4.69, 9.17) is 5.73 Å². The summed E-state index contributed by atoms with van der Waals surface area (Å²) in [5.41, 5.74) is 6.41. The molecule has 2 rings (SSSR count). The molecule has 1 fully saturated rings. The van der Waals surface area contributed by atoms with Gasteiger partial charge in [0, 0.05) is 11.4 Å². The summed E-state index contributed by atoms with van der Waals surface area (Å²) in [7, 11) is 0. The SMILES string of the molecule is Cc1nc(N2CCCC2C(N)=O)sc1C. The van der Waals surface area contributed by atoms with Crippen LogP contribution in [0.5, 0.6) is 0 Å². The quantitative estimate of drug-likeness (QED) is 0.823. The van der Waals surface area contributed by atoms with Crippen molar-refractivity contribution in [2.24, 2.45) is 5.73 Å². The van der Waals surface area contributed by atoms with Crippen molar-refractivity contribution < 1.29 is 4.79 Å². The first-order valence-corrected chi connectivity index (χ1v) is 5.91. The highest BCUT2D eigenvalue weighted by molar-refractivity contribution is 7.15. The lowest BCUT2D eigenvalue weighted by atomic mass is 10.2. The van der Waals surface area contributed by atoms with Gasteiger partial charge < -0.3 is 10.6 Å². The van der Waals surface area contributed by atoms with Gasteiger partial charge in [0.2, 0.25) is 5.91 Å². The van der Waals surface area contributed by atoms with Gasteiger partial charge in [-0.25, -0.2) is 4.98 Å². The number of carbonyl (C=O) groups is 1. The Labute approximate surface area is 93.1 Å². The van der Waals surface area contributed by atoms with E-state index in [2.05, 4.69) is 4.98 Å². The zero-order valence-corrected chi connectivity index (χ0v) is 9.80.